The molecule has 0 bridgehead atoms. The molecule has 2 heterocycles. The van der Waals surface area contributed by atoms with Crippen LogP contribution in [0.3, 0.4) is 0 Å². The highest BCUT2D eigenvalue weighted by atomic mass is 16.7. The van der Waals surface area contributed by atoms with Crippen molar-refractivity contribution >= 4 is 5.91 Å². The summed E-state index contributed by atoms with van der Waals surface area (Å²) in [6.45, 7) is 2.72. The molecule has 90 heavy (non-hydrogen) atoms. The zero-order valence-electron chi connectivity index (χ0n) is 56.9. The summed E-state index contributed by atoms with van der Waals surface area (Å²) in [6.07, 6.45) is 66.3. The fraction of sp³-hybridized carbons (Fsp3) is 0.803. The Kier molecular flexibility index (Phi) is 55.4. The van der Waals surface area contributed by atoms with Gasteiger partial charge in [0.05, 0.1) is 32.0 Å². The van der Waals surface area contributed by atoms with E-state index in [-0.39, 0.29) is 18.9 Å². The Morgan fingerprint density at radius 1 is 0.411 bits per heavy atom. The summed E-state index contributed by atoms with van der Waals surface area (Å²) in [6, 6.07) is -0.924. The third-order valence-corrected chi connectivity index (χ3v) is 17.6. The summed E-state index contributed by atoms with van der Waals surface area (Å²) < 4.78 is 22.9. The molecule has 0 aliphatic carbocycles. The van der Waals surface area contributed by atoms with Crippen LogP contribution in [0.2, 0.25) is 0 Å². The number of unbranched alkanes of at least 4 members (excludes halogenated alkanes) is 35. The zero-order valence-corrected chi connectivity index (χ0v) is 56.9. The van der Waals surface area contributed by atoms with Gasteiger partial charge >= 0.3 is 0 Å². The number of hydrogen-bond donors (Lipinski definition) is 9. The Hall–Kier alpha value is -2.83. The van der Waals surface area contributed by atoms with E-state index in [2.05, 4.69) is 92.1 Å². The summed E-state index contributed by atoms with van der Waals surface area (Å²) in [5.41, 5.74) is 0. The number of carbonyl (C=O) groups excluding carboxylic acids is 1. The third-order valence-electron chi connectivity index (χ3n) is 17.6. The van der Waals surface area contributed by atoms with Crippen LogP contribution < -0.4 is 5.32 Å². The standard InChI is InChI=1S/C76H135NO13/c1-3-5-7-9-11-13-15-17-19-21-23-25-27-29-31-32-34-36-38-40-42-44-46-48-50-52-54-56-58-60-68(81)77-64(63-87-75-73(86)71(84)74(67(62-79)89-75)90-76-72(85)70(83)69(82)66(61-78)88-76)65(80)59-57-55-53-51-49-47-45-43-41-39-37-35-33-30-28-26-24-22-20-18-16-14-12-10-8-6-4-2/h5,7,11,13,17,19,23,25,29,31,34,36,57,59,64-67,69-76,78-80,82-86H,3-4,6,8-10,12,14-16,18,20-22,24,26-28,30,32-33,35,37-56,58,60-63H2,1-2H3,(H,77,81)/b7-5-,13-11-,19-17-,25-23-,31-29-,36-34-,59-57+. The molecule has 2 saturated heterocycles. The van der Waals surface area contributed by atoms with Crippen LogP contribution in [0.15, 0.2) is 85.1 Å². The van der Waals surface area contributed by atoms with Crippen LogP contribution in [0, 0.1) is 0 Å². The molecular weight excluding hydrogens is 1130 g/mol. The van der Waals surface area contributed by atoms with Gasteiger partial charge in [-0.25, -0.2) is 0 Å². The first-order valence-electron chi connectivity index (χ1n) is 36.8. The van der Waals surface area contributed by atoms with Crippen molar-refractivity contribution in [3.8, 4) is 0 Å². The van der Waals surface area contributed by atoms with Crippen LogP contribution in [0.25, 0.3) is 0 Å². The molecule has 0 saturated carbocycles. The Morgan fingerprint density at radius 2 is 0.767 bits per heavy atom. The molecule has 12 unspecified atom stereocenters. The number of allylic oxidation sites excluding steroid dienone is 13. The van der Waals surface area contributed by atoms with E-state index in [9.17, 15) is 45.6 Å². The van der Waals surface area contributed by atoms with Gasteiger partial charge in [-0.15, -0.1) is 0 Å². The van der Waals surface area contributed by atoms with Gasteiger partial charge in [0.2, 0.25) is 5.91 Å². The Labute approximate surface area is 548 Å². The Balaban J connectivity index is 1.67. The average molecular weight is 1270 g/mol. The van der Waals surface area contributed by atoms with E-state index in [0.717, 1.165) is 83.5 Å². The largest absolute Gasteiger partial charge is 0.394 e. The van der Waals surface area contributed by atoms with Crippen molar-refractivity contribution in [1.29, 1.82) is 0 Å². The molecule has 0 aromatic rings. The normalized spacial score (nSPS) is 23.4. The van der Waals surface area contributed by atoms with E-state index >= 15 is 0 Å². The smallest absolute Gasteiger partial charge is 0.220 e. The number of aliphatic hydroxyl groups excluding tert-OH is 8. The van der Waals surface area contributed by atoms with Gasteiger partial charge in [0.1, 0.15) is 48.8 Å². The molecule has 0 aromatic carbocycles. The summed E-state index contributed by atoms with van der Waals surface area (Å²) in [4.78, 5) is 13.4. The van der Waals surface area contributed by atoms with Crippen molar-refractivity contribution in [2.75, 3.05) is 19.8 Å². The third kappa shape index (κ3) is 43.2. The number of aliphatic hydroxyl groups is 8. The van der Waals surface area contributed by atoms with Crippen molar-refractivity contribution < 1.29 is 64.6 Å². The summed E-state index contributed by atoms with van der Waals surface area (Å²) in [7, 11) is 0. The predicted octanol–water partition coefficient (Wildman–Crippen LogP) is 15.6. The molecule has 14 nitrogen and oxygen atoms in total. The lowest BCUT2D eigenvalue weighted by Crippen LogP contribution is -2.65. The molecule has 0 aromatic heterocycles. The van der Waals surface area contributed by atoms with Gasteiger partial charge in [-0.2, -0.15) is 0 Å². The van der Waals surface area contributed by atoms with Gasteiger partial charge in [0.25, 0.3) is 0 Å². The second kappa shape index (κ2) is 59.9. The lowest BCUT2D eigenvalue weighted by atomic mass is 9.97. The molecule has 2 aliphatic heterocycles. The molecule has 2 fully saturated rings. The van der Waals surface area contributed by atoms with Gasteiger partial charge in [-0.05, 0) is 70.6 Å². The van der Waals surface area contributed by atoms with Crippen LogP contribution in [-0.4, -0.2) is 140 Å². The maximum atomic E-state index is 13.4. The van der Waals surface area contributed by atoms with E-state index in [0.29, 0.717) is 6.42 Å². The first kappa shape index (κ1) is 83.3. The quantitative estimate of drug-likeness (QED) is 0.0204. The van der Waals surface area contributed by atoms with E-state index < -0.39 is 86.8 Å². The fourth-order valence-electron chi connectivity index (χ4n) is 11.8. The van der Waals surface area contributed by atoms with E-state index in [1.54, 1.807) is 6.08 Å². The van der Waals surface area contributed by atoms with Gasteiger partial charge in [-0.1, -0.05) is 304 Å². The minimum Gasteiger partial charge on any atom is -0.394 e. The molecule has 9 N–H and O–H groups in total. The average Bonchev–Trinajstić information content (AvgIpc) is 1.26. The second-order valence-electron chi connectivity index (χ2n) is 25.7. The van der Waals surface area contributed by atoms with Crippen LogP contribution in [-0.2, 0) is 23.7 Å². The number of hydrogen-bond acceptors (Lipinski definition) is 13. The van der Waals surface area contributed by atoms with Crippen molar-refractivity contribution in [3.63, 3.8) is 0 Å². The maximum Gasteiger partial charge on any atom is 0.220 e. The lowest BCUT2D eigenvalue weighted by Gasteiger charge is -2.46. The molecule has 0 radical (unpaired) electrons. The molecule has 12 atom stereocenters. The molecule has 522 valence electrons. The zero-order chi connectivity index (χ0) is 65.2. The van der Waals surface area contributed by atoms with Crippen LogP contribution in [0.1, 0.15) is 296 Å². The number of carbonyl (C=O) groups is 1. The van der Waals surface area contributed by atoms with Crippen molar-refractivity contribution in [2.45, 2.75) is 370 Å². The highest BCUT2D eigenvalue weighted by molar-refractivity contribution is 5.76. The number of amides is 1. The Morgan fingerprint density at radius 3 is 1.18 bits per heavy atom. The number of rotatable bonds is 60. The lowest BCUT2D eigenvalue weighted by molar-refractivity contribution is -0.359. The van der Waals surface area contributed by atoms with Crippen LogP contribution in [0.5, 0.6) is 0 Å². The van der Waals surface area contributed by atoms with Crippen molar-refractivity contribution in [1.82, 2.24) is 5.32 Å². The molecule has 0 spiro atoms. The van der Waals surface area contributed by atoms with Crippen LogP contribution >= 0.6 is 0 Å². The predicted molar refractivity (Wildman–Crippen MR) is 369 cm³/mol. The summed E-state index contributed by atoms with van der Waals surface area (Å²) in [5.74, 6) is -0.244. The SMILES string of the molecule is CC/C=C\C/C=C\C/C=C\C/C=C\C/C=C\C/C=C\CCCCCCCCCCCCC(=O)NC(COC1OC(CO)C(OC2OC(CO)C(O)C(O)C2O)C(O)C1O)C(O)/C=C/CCCCCCCCCCCCCCCCCCCCCCCCCCC. The first-order chi connectivity index (χ1) is 44.1. The van der Waals surface area contributed by atoms with Crippen molar-refractivity contribution in [2.24, 2.45) is 0 Å². The monoisotopic (exact) mass is 1270 g/mol. The first-order valence-corrected chi connectivity index (χ1v) is 36.8. The van der Waals surface area contributed by atoms with Gasteiger partial charge in [0, 0.05) is 6.42 Å². The minimum atomic E-state index is -1.79. The molecular formula is C76H135NO13. The van der Waals surface area contributed by atoms with E-state index in [1.165, 1.54) is 186 Å². The fourth-order valence-corrected chi connectivity index (χ4v) is 11.8. The second-order valence-corrected chi connectivity index (χ2v) is 25.7. The number of nitrogens with one attached hydrogen (secondary N) is 1. The summed E-state index contributed by atoms with van der Waals surface area (Å²) in [5, 5.41) is 87.6. The van der Waals surface area contributed by atoms with E-state index in [4.69, 9.17) is 18.9 Å². The summed E-state index contributed by atoms with van der Waals surface area (Å²) >= 11 is 0. The van der Waals surface area contributed by atoms with Crippen molar-refractivity contribution in [3.05, 3.63) is 85.1 Å². The minimum absolute atomic E-state index is 0.244. The topological polar surface area (TPSA) is 228 Å². The number of ether oxygens (including phenoxy) is 4. The van der Waals surface area contributed by atoms with Crippen LogP contribution in [0.4, 0.5) is 0 Å². The molecule has 2 rings (SSSR count). The highest BCUT2D eigenvalue weighted by Crippen LogP contribution is 2.30. The maximum absolute atomic E-state index is 13.4. The molecule has 1 amide bonds. The van der Waals surface area contributed by atoms with Gasteiger partial charge in [0.15, 0.2) is 12.6 Å². The molecule has 2 aliphatic rings. The highest BCUT2D eigenvalue weighted by Gasteiger charge is 2.51. The van der Waals surface area contributed by atoms with E-state index in [1.807, 2.05) is 6.08 Å². The Bertz CT molecular complexity index is 1830. The molecule has 14 heteroatoms. The van der Waals surface area contributed by atoms with Gasteiger partial charge in [-0.3, -0.25) is 4.79 Å². The van der Waals surface area contributed by atoms with Gasteiger partial charge < -0.3 is 65.1 Å².